The highest BCUT2D eigenvalue weighted by Gasteiger charge is 2.16. The van der Waals surface area contributed by atoms with Gasteiger partial charge in [0, 0.05) is 12.2 Å². The molecule has 7 heteroatoms. The Balaban J connectivity index is 1.59. The van der Waals surface area contributed by atoms with Crippen LogP contribution in [0.3, 0.4) is 0 Å². The van der Waals surface area contributed by atoms with Gasteiger partial charge in [-0.15, -0.1) is 10.2 Å². The van der Waals surface area contributed by atoms with Gasteiger partial charge in [-0.25, -0.2) is 4.79 Å². The monoisotopic (exact) mass is 388 g/mol. The van der Waals surface area contributed by atoms with Crippen LogP contribution in [0.15, 0.2) is 72.8 Å². The maximum absolute atomic E-state index is 11.8. The van der Waals surface area contributed by atoms with Crippen molar-refractivity contribution in [1.82, 2.24) is 15.0 Å². The number of amides is 1. The minimum atomic E-state index is -0.997. The maximum Gasteiger partial charge on any atom is 0.411 e. The van der Waals surface area contributed by atoms with E-state index in [4.69, 9.17) is 4.74 Å². The Morgan fingerprint density at radius 1 is 1.00 bits per heavy atom. The van der Waals surface area contributed by atoms with Crippen LogP contribution >= 0.6 is 0 Å². The van der Waals surface area contributed by atoms with E-state index < -0.39 is 6.09 Å². The van der Waals surface area contributed by atoms with Gasteiger partial charge in [-0.05, 0) is 54.4 Å². The normalized spacial score (nSPS) is 10.8. The van der Waals surface area contributed by atoms with E-state index in [0.717, 1.165) is 17.0 Å². The molecule has 0 radical (unpaired) electrons. The van der Waals surface area contributed by atoms with E-state index in [2.05, 4.69) is 10.2 Å². The van der Waals surface area contributed by atoms with Gasteiger partial charge in [0.15, 0.2) is 0 Å². The highest BCUT2D eigenvalue weighted by molar-refractivity contribution is 5.89. The van der Waals surface area contributed by atoms with Crippen LogP contribution in [0.5, 0.6) is 5.75 Å². The van der Waals surface area contributed by atoms with Gasteiger partial charge in [0.25, 0.3) is 0 Å². The molecule has 7 nitrogen and oxygen atoms in total. The summed E-state index contributed by atoms with van der Waals surface area (Å²) in [5.74, 6) is 0.753. The number of aromatic nitrogens is 3. The molecule has 3 aromatic carbocycles. The topological polar surface area (TPSA) is 80.5 Å². The zero-order chi connectivity index (χ0) is 20.2. The molecule has 0 aliphatic carbocycles. The number of nitrogens with zero attached hydrogens (tertiary/aromatic N) is 4. The quantitative estimate of drug-likeness (QED) is 0.537. The lowest BCUT2D eigenvalue weighted by Crippen LogP contribution is -2.31. The number of carboxylic acid groups (broad SMARTS) is 1. The fourth-order valence-electron chi connectivity index (χ4n) is 3.12. The van der Waals surface area contributed by atoms with Gasteiger partial charge in [0.2, 0.25) is 0 Å². The van der Waals surface area contributed by atoms with Crippen molar-refractivity contribution in [2.75, 3.05) is 18.6 Å². The predicted molar refractivity (Wildman–Crippen MR) is 111 cm³/mol. The second-order valence-corrected chi connectivity index (χ2v) is 6.53. The molecular weight excluding hydrogens is 368 g/mol. The van der Waals surface area contributed by atoms with Crippen LogP contribution in [0, 0.1) is 0 Å². The summed E-state index contributed by atoms with van der Waals surface area (Å²) in [6.07, 6.45) is -0.369. The molecule has 4 rings (SSSR count). The average molecular weight is 388 g/mol. The maximum atomic E-state index is 11.8. The molecule has 0 bridgehead atoms. The van der Waals surface area contributed by atoms with Gasteiger partial charge >= 0.3 is 6.09 Å². The molecule has 146 valence electrons. The lowest BCUT2D eigenvalue weighted by Gasteiger charge is -2.19. The second kappa shape index (κ2) is 8.02. The first kappa shape index (κ1) is 18.5. The highest BCUT2D eigenvalue weighted by Crippen LogP contribution is 2.22. The molecule has 29 heavy (non-hydrogen) atoms. The van der Waals surface area contributed by atoms with Gasteiger partial charge in [-0.3, -0.25) is 4.90 Å². The highest BCUT2D eigenvalue weighted by atomic mass is 16.5. The molecule has 0 saturated carbocycles. The summed E-state index contributed by atoms with van der Waals surface area (Å²) >= 11 is 0. The van der Waals surface area contributed by atoms with E-state index in [1.54, 1.807) is 25.3 Å². The molecule has 1 amide bonds. The van der Waals surface area contributed by atoms with Crippen LogP contribution in [-0.4, -0.2) is 39.8 Å². The second-order valence-electron chi connectivity index (χ2n) is 6.53. The lowest BCUT2D eigenvalue weighted by molar-refractivity contribution is 0.202. The Labute approximate surface area is 167 Å². The van der Waals surface area contributed by atoms with E-state index in [9.17, 15) is 9.90 Å². The van der Waals surface area contributed by atoms with Gasteiger partial charge < -0.3 is 9.84 Å². The van der Waals surface area contributed by atoms with Gasteiger partial charge in [0.1, 0.15) is 16.8 Å². The summed E-state index contributed by atoms with van der Waals surface area (Å²) in [4.78, 5) is 14.7. The smallest absolute Gasteiger partial charge is 0.411 e. The van der Waals surface area contributed by atoms with Crippen molar-refractivity contribution in [3.05, 3.63) is 78.4 Å². The summed E-state index contributed by atoms with van der Waals surface area (Å²) in [6, 6.07) is 22.5. The summed E-state index contributed by atoms with van der Waals surface area (Å²) in [5, 5.41) is 18.7. The molecule has 0 saturated heterocycles. The standard InChI is InChI=1S/C22H20N4O3/c1-29-19-10-7-17(8-11-19)26-23-20-12-9-18(15-21(20)24-26)25(22(27)28)14-13-16-5-3-2-4-6-16/h2-12,15H,13-14H2,1H3,(H,27,28). The van der Waals surface area contributed by atoms with E-state index in [1.165, 1.54) is 9.70 Å². The Bertz CT molecular complexity index is 1120. The minimum absolute atomic E-state index is 0.359. The third kappa shape index (κ3) is 4.03. The summed E-state index contributed by atoms with van der Waals surface area (Å²) in [6.45, 7) is 0.359. The van der Waals surface area contributed by atoms with Crippen LogP contribution < -0.4 is 9.64 Å². The van der Waals surface area contributed by atoms with Crippen LogP contribution in [0.2, 0.25) is 0 Å². The SMILES string of the molecule is COc1ccc(-n2nc3ccc(N(CCc4ccccc4)C(=O)O)cc3n2)cc1. The van der Waals surface area contributed by atoms with Gasteiger partial charge in [-0.1, -0.05) is 30.3 Å². The molecule has 1 aromatic heterocycles. The van der Waals surface area contributed by atoms with Crippen molar-refractivity contribution < 1.29 is 14.6 Å². The number of hydrogen-bond donors (Lipinski definition) is 1. The van der Waals surface area contributed by atoms with Gasteiger partial charge in [0.05, 0.1) is 12.8 Å². The molecule has 0 aliphatic rings. The number of fused-ring (bicyclic) bond motifs is 1. The fraction of sp³-hybridized carbons (Fsp3) is 0.136. The van der Waals surface area contributed by atoms with Gasteiger partial charge in [-0.2, -0.15) is 4.80 Å². The molecule has 1 heterocycles. The van der Waals surface area contributed by atoms with Crippen LogP contribution in [-0.2, 0) is 6.42 Å². The lowest BCUT2D eigenvalue weighted by atomic mass is 10.1. The summed E-state index contributed by atoms with van der Waals surface area (Å²) < 4.78 is 5.17. The molecule has 4 aromatic rings. The number of rotatable bonds is 6. The molecule has 0 aliphatic heterocycles. The van der Waals surface area contributed by atoms with Crippen molar-refractivity contribution in [2.45, 2.75) is 6.42 Å². The van der Waals surface area contributed by atoms with E-state index in [0.29, 0.717) is 29.7 Å². The van der Waals surface area contributed by atoms with E-state index in [1.807, 2.05) is 54.6 Å². The Morgan fingerprint density at radius 2 is 1.72 bits per heavy atom. The predicted octanol–water partition coefficient (Wildman–Crippen LogP) is 4.16. The van der Waals surface area contributed by atoms with Crippen molar-refractivity contribution in [2.24, 2.45) is 0 Å². The summed E-state index contributed by atoms with van der Waals surface area (Å²) in [7, 11) is 1.61. The fourth-order valence-corrected chi connectivity index (χ4v) is 3.12. The number of benzene rings is 3. The molecule has 0 atom stereocenters. The number of ether oxygens (including phenoxy) is 1. The molecule has 0 fully saturated rings. The van der Waals surface area contributed by atoms with E-state index in [-0.39, 0.29) is 0 Å². The number of hydrogen-bond acceptors (Lipinski definition) is 4. The minimum Gasteiger partial charge on any atom is -0.497 e. The third-order valence-electron chi connectivity index (χ3n) is 4.68. The van der Waals surface area contributed by atoms with Crippen molar-refractivity contribution in [3.63, 3.8) is 0 Å². The van der Waals surface area contributed by atoms with Crippen LogP contribution in [0.25, 0.3) is 16.7 Å². The molecular formula is C22H20N4O3. The first-order valence-electron chi connectivity index (χ1n) is 9.20. The largest absolute Gasteiger partial charge is 0.497 e. The van der Waals surface area contributed by atoms with Crippen molar-refractivity contribution >= 4 is 22.8 Å². The number of carbonyl (C=O) groups is 1. The Morgan fingerprint density at radius 3 is 2.41 bits per heavy atom. The van der Waals surface area contributed by atoms with E-state index >= 15 is 0 Å². The first-order chi connectivity index (χ1) is 14.1. The number of anilines is 1. The Hall–Kier alpha value is -3.87. The molecule has 1 N–H and O–H groups in total. The van der Waals surface area contributed by atoms with Crippen molar-refractivity contribution in [1.29, 1.82) is 0 Å². The Kier molecular flexibility index (Phi) is 5.11. The third-order valence-corrected chi connectivity index (χ3v) is 4.68. The zero-order valence-corrected chi connectivity index (χ0v) is 15.9. The molecule has 0 unspecified atom stereocenters. The van der Waals surface area contributed by atoms with Crippen LogP contribution in [0.4, 0.5) is 10.5 Å². The zero-order valence-electron chi connectivity index (χ0n) is 15.9. The molecule has 0 spiro atoms. The number of methoxy groups -OCH3 is 1. The summed E-state index contributed by atoms with van der Waals surface area (Å²) in [5.41, 5.74) is 3.78. The van der Waals surface area contributed by atoms with Crippen LogP contribution in [0.1, 0.15) is 5.56 Å². The first-order valence-corrected chi connectivity index (χ1v) is 9.20. The van der Waals surface area contributed by atoms with Crippen molar-refractivity contribution in [3.8, 4) is 11.4 Å². The average Bonchev–Trinajstić information content (AvgIpc) is 3.18.